The van der Waals surface area contributed by atoms with Gasteiger partial charge in [-0.25, -0.2) is 4.98 Å². The van der Waals surface area contributed by atoms with Crippen LogP contribution in [0.4, 0.5) is 5.69 Å². The van der Waals surface area contributed by atoms with Gasteiger partial charge in [-0.05, 0) is 6.42 Å². The van der Waals surface area contributed by atoms with Crippen LogP contribution in [0.1, 0.15) is 27.3 Å². The molecule has 0 bridgehead atoms. The summed E-state index contributed by atoms with van der Waals surface area (Å²) in [6.45, 7) is 2.48. The zero-order valence-corrected chi connectivity index (χ0v) is 10.2. The number of amides is 1. The molecule has 90 valence electrons. The first-order chi connectivity index (χ1) is 8.20. The molecule has 4 N–H and O–H groups in total. The summed E-state index contributed by atoms with van der Waals surface area (Å²) >= 11 is 1.59. The molecule has 0 spiro atoms. The second kappa shape index (κ2) is 4.96. The van der Waals surface area contributed by atoms with Gasteiger partial charge >= 0.3 is 0 Å². The number of anilines is 1. The summed E-state index contributed by atoms with van der Waals surface area (Å²) in [5.74, 6) is -0.270. The third kappa shape index (κ3) is 2.62. The maximum Gasteiger partial charge on any atom is 0.271 e. The van der Waals surface area contributed by atoms with Gasteiger partial charge in [0.05, 0.1) is 18.4 Å². The molecule has 0 saturated heterocycles. The lowest BCUT2D eigenvalue weighted by atomic mass is 10.3. The van der Waals surface area contributed by atoms with Crippen LogP contribution in [0.15, 0.2) is 12.4 Å². The summed E-state index contributed by atoms with van der Waals surface area (Å²) in [4.78, 5) is 17.1. The van der Waals surface area contributed by atoms with Crippen LogP contribution < -0.4 is 11.1 Å². The molecule has 6 nitrogen and oxygen atoms in total. The van der Waals surface area contributed by atoms with Crippen molar-refractivity contribution in [3.63, 3.8) is 0 Å². The van der Waals surface area contributed by atoms with Crippen LogP contribution in [0.2, 0.25) is 0 Å². The van der Waals surface area contributed by atoms with Gasteiger partial charge in [-0.1, -0.05) is 6.92 Å². The number of nitrogens with zero attached hydrogens (tertiary/aromatic N) is 2. The van der Waals surface area contributed by atoms with Gasteiger partial charge in [0, 0.05) is 11.1 Å². The Morgan fingerprint density at radius 2 is 2.41 bits per heavy atom. The van der Waals surface area contributed by atoms with Gasteiger partial charge in [0.25, 0.3) is 5.91 Å². The van der Waals surface area contributed by atoms with E-state index in [-0.39, 0.29) is 11.6 Å². The van der Waals surface area contributed by atoms with Crippen molar-refractivity contribution in [2.24, 2.45) is 0 Å². The average Bonchev–Trinajstić information content (AvgIpc) is 2.94. The van der Waals surface area contributed by atoms with Crippen molar-refractivity contribution < 1.29 is 4.79 Å². The van der Waals surface area contributed by atoms with Crippen LogP contribution in [-0.4, -0.2) is 21.1 Å². The zero-order valence-electron chi connectivity index (χ0n) is 9.36. The maximum absolute atomic E-state index is 11.7. The molecule has 2 aromatic heterocycles. The molecule has 0 radical (unpaired) electrons. The molecule has 2 aromatic rings. The molecule has 0 fully saturated rings. The predicted molar refractivity (Wildman–Crippen MR) is 65.7 cm³/mol. The molecule has 1 amide bonds. The van der Waals surface area contributed by atoms with Crippen molar-refractivity contribution in [1.82, 2.24) is 20.5 Å². The number of rotatable bonds is 4. The number of nitrogens with one attached hydrogen (secondary N) is 2. The standard InChI is InChI=1S/C10H13N5OS/c1-2-6-3-12-8(17-6)5-13-10(16)9-7(11)4-14-15-9/h3-4H,2,5,11H2,1H3,(H,13,16)(H,14,15). The van der Waals surface area contributed by atoms with E-state index < -0.39 is 0 Å². The highest BCUT2D eigenvalue weighted by Crippen LogP contribution is 2.13. The van der Waals surface area contributed by atoms with Crippen molar-refractivity contribution in [3.05, 3.63) is 28.0 Å². The van der Waals surface area contributed by atoms with Gasteiger partial charge < -0.3 is 11.1 Å². The quantitative estimate of drug-likeness (QED) is 0.753. The Morgan fingerprint density at radius 3 is 3.00 bits per heavy atom. The third-order valence-electron chi connectivity index (χ3n) is 2.25. The van der Waals surface area contributed by atoms with Crippen molar-refractivity contribution in [2.75, 3.05) is 5.73 Å². The summed E-state index contributed by atoms with van der Waals surface area (Å²) in [5, 5.41) is 9.87. The molecule has 2 rings (SSSR count). The fraction of sp³-hybridized carbons (Fsp3) is 0.300. The SMILES string of the molecule is CCc1cnc(CNC(=O)c2[nH]ncc2N)s1. The number of nitrogen functional groups attached to an aromatic ring is 1. The van der Waals surface area contributed by atoms with Gasteiger partial charge in [-0.2, -0.15) is 5.10 Å². The number of carbonyl (C=O) groups excluding carboxylic acids is 1. The number of aryl methyl sites for hydroxylation is 1. The number of aromatic nitrogens is 3. The molecule has 0 unspecified atom stereocenters. The molecule has 17 heavy (non-hydrogen) atoms. The van der Waals surface area contributed by atoms with Crippen LogP contribution >= 0.6 is 11.3 Å². The van der Waals surface area contributed by atoms with E-state index in [1.165, 1.54) is 11.1 Å². The van der Waals surface area contributed by atoms with E-state index in [0.717, 1.165) is 11.4 Å². The van der Waals surface area contributed by atoms with Crippen LogP contribution in [0.3, 0.4) is 0 Å². The molecule has 0 aliphatic heterocycles. The molecular formula is C10H13N5OS. The minimum Gasteiger partial charge on any atom is -0.396 e. The van der Waals surface area contributed by atoms with Crippen LogP contribution in [-0.2, 0) is 13.0 Å². The summed E-state index contributed by atoms with van der Waals surface area (Å²) in [7, 11) is 0. The van der Waals surface area contributed by atoms with Gasteiger partial charge in [0.1, 0.15) is 10.7 Å². The van der Waals surface area contributed by atoms with Gasteiger partial charge in [-0.15, -0.1) is 11.3 Å². The van der Waals surface area contributed by atoms with Gasteiger partial charge in [-0.3, -0.25) is 9.89 Å². The van der Waals surface area contributed by atoms with E-state index in [1.807, 2.05) is 6.20 Å². The van der Waals surface area contributed by atoms with E-state index >= 15 is 0 Å². The molecule has 7 heteroatoms. The van der Waals surface area contributed by atoms with E-state index in [2.05, 4.69) is 27.4 Å². The Balaban J connectivity index is 1.94. The highest BCUT2D eigenvalue weighted by atomic mass is 32.1. The summed E-state index contributed by atoms with van der Waals surface area (Å²) in [6, 6.07) is 0. The molecule has 0 atom stereocenters. The number of thiazole rings is 1. The van der Waals surface area contributed by atoms with Crippen LogP contribution in [0, 0.1) is 0 Å². The molecule has 0 aromatic carbocycles. The minimum absolute atomic E-state index is 0.270. The maximum atomic E-state index is 11.7. The van der Waals surface area contributed by atoms with E-state index in [1.54, 1.807) is 11.3 Å². The molecule has 0 aliphatic rings. The smallest absolute Gasteiger partial charge is 0.271 e. The molecule has 0 aliphatic carbocycles. The summed E-state index contributed by atoms with van der Waals surface area (Å²) in [6.07, 6.45) is 4.20. The lowest BCUT2D eigenvalue weighted by Gasteiger charge is -2.01. The number of hydrogen-bond acceptors (Lipinski definition) is 5. The Kier molecular flexibility index (Phi) is 3.38. The number of aromatic amines is 1. The van der Waals surface area contributed by atoms with E-state index in [4.69, 9.17) is 5.73 Å². The van der Waals surface area contributed by atoms with Crippen LogP contribution in [0.5, 0.6) is 0 Å². The van der Waals surface area contributed by atoms with E-state index in [0.29, 0.717) is 12.2 Å². The minimum atomic E-state index is -0.270. The van der Waals surface area contributed by atoms with Crippen molar-refractivity contribution in [1.29, 1.82) is 0 Å². The Hall–Kier alpha value is -1.89. The number of H-pyrrole nitrogens is 1. The second-order valence-electron chi connectivity index (χ2n) is 3.46. The molecular weight excluding hydrogens is 238 g/mol. The second-order valence-corrected chi connectivity index (χ2v) is 4.66. The fourth-order valence-electron chi connectivity index (χ4n) is 1.31. The first-order valence-corrected chi connectivity index (χ1v) is 6.03. The average molecular weight is 251 g/mol. The Morgan fingerprint density at radius 1 is 1.59 bits per heavy atom. The third-order valence-corrected chi connectivity index (χ3v) is 3.39. The van der Waals surface area contributed by atoms with Gasteiger partial charge in [0.2, 0.25) is 0 Å². The van der Waals surface area contributed by atoms with Crippen LogP contribution in [0.25, 0.3) is 0 Å². The van der Waals surface area contributed by atoms with Gasteiger partial charge in [0.15, 0.2) is 0 Å². The lowest BCUT2D eigenvalue weighted by Crippen LogP contribution is -2.23. The number of hydrogen-bond donors (Lipinski definition) is 3. The first kappa shape index (κ1) is 11.6. The van der Waals surface area contributed by atoms with E-state index in [9.17, 15) is 4.79 Å². The highest BCUT2D eigenvalue weighted by Gasteiger charge is 2.11. The summed E-state index contributed by atoms with van der Waals surface area (Å²) < 4.78 is 0. The van der Waals surface area contributed by atoms with Crippen molar-refractivity contribution in [3.8, 4) is 0 Å². The molecule has 2 heterocycles. The zero-order chi connectivity index (χ0) is 12.3. The predicted octanol–water partition coefficient (Wildman–Crippen LogP) is 0.941. The number of nitrogens with two attached hydrogens (primary N) is 1. The number of carbonyl (C=O) groups is 1. The fourth-order valence-corrected chi connectivity index (χ4v) is 2.12. The van der Waals surface area contributed by atoms with Crippen molar-refractivity contribution >= 4 is 22.9 Å². The Bertz CT molecular complexity index is 518. The molecule has 0 saturated carbocycles. The van der Waals surface area contributed by atoms with Crippen molar-refractivity contribution in [2.45, 2.75) is 19.9 Å². The highest BCUT2D eigenvalue weighted by molar-refractivity contribution is 7.11. The topological polar surface area (TPSA) is 96.7 Å². The first-order valence-electron chi connectivity index (χ1n) is 5.21. The monoisotopic (exact) mass is 251 g/mol. The summed E-state index contributed by atoms with van der Waals surface area (Å²) in [5.41, 5.74) is 6.20. The Labute approximate surface area is 102 Å². The normalized spacial score (nSPS) is 10.4. The largest absolute Gasteiger partial charge is 0.396 e. The lowest BCUT2D eigenvalue weighted by molar-refractivity contribution is 0.0947.